The van der Waals surface area contributed by atoms with Gasteiger partial charge in [-0.15, -0.1) is 17.9 Å². The summed E-state index contributed by atoms with van der Waals surface area (Å²) in [4.78, 5) is 49.4. The maximum atomic E-state index is 14.5. The lowest BCUT2D eigenvalue weighted by Crippen LogP contribution is -2.76. The summed E-state index contributed by atoms with van der Waals surface area (Å²) in [5.74, 6) is -0.878. The normalized spacial score (nSPS) is 18.8. The summed E-state index contributed by atoms with van der Waals surface area (Å²) < 4.78 is 14.9. The fourth-order valence-electron chi connectivity index (χ4n) is 5.97. The molecule has 2 saturated heterocycles. The number of fused-ring (bicyclic) bond motifs is 2. The molecule has 2 N–H and O–H groups in total. The molecule has 2 aliphatic heterocycles. The summed E-state index contributed by atoms with van der Waals surface area (Å²) in [5, 5.41) is 16.0. The van der Waals surface area contributed by atoms with Crippen LogP contribution in [0.3, 0.4) is 0 Å². The standard InChI is InChI=1S/C33H33FN6O4S/c1-3-14-38-19-29(42)39-27(15-22-8-11-25(41)12-9-22)32(43)37(17-24-10-13-26(34)31-30(24)36-20-45-31)18-28(39)40(38)33(44)35-16-23-6-4-21(2)5-7-23/h3-13,20,27-28,41H,1,14-19H2,2H3,(H,35,44)/t27-,28-/m0/s1. The molecule has 1 aromatic heterocycles. The number of hydrogen-bond donors (Lipinski definition) is 2. The molecule has 3 heterocycles. The highest BCUT2D eigenvalue weighted by atomic mass is 32.1. The Morgan fingerprint density at radius 3 is 2.58 bits per heavy atom. The van der Waals surface area contributed by atoms with Crippen molar-refractivity contribution < 1.29 is 23.9 Å². The van der Waals surface area contributed by atoms with Crippen LogP contribution in [0.1, 0.15) is 22.3 Å². The van der Waals surface area contributed by atoms with Crippen LogP contribution in [0.4, 0.5) is 9.18 Å². The van der Waals surface area contributed by atoms with Gasteiger partial charge in [-0.05, 0) is 41.8 Å². The third-order valence-electron chi connectivity index (χ3n) is 8.19. The first kappa shape index (κ1) is 30.2. The molecule has 45 heavy (non-hydrogen) atoms. The number of rotatable bonds is 8. The lowest BCUT2D eigenvalue weighted by molar-refractivity contribution is -0.189. The molecule has 4 aromatic rings. The molecule has 0 aliphatic carbocycles. The SMILES string of the molecule is C=CCN1CC(=O)N2[C@@H](Cc3ccc(O)cc3)C(=O)N(Cc3ccc(F)c4scnc34)C[C@@H]2N1C(=O)NCc1ccc(C)cc1. The lowest BCUT2D eigenvalue weighted by Gasteiger charge is -2.55. The second kappa shape index (κ2) is 12.7. The van der Waals surface area contributed by atoms with Gasteiger partial charge in [-0.25, -0.2) is 24.2 Å². The number of hydrogen-bond acceptors (Lipinski definition) is 7. The van der Waals surface area contributed by atoms with E-state index in [1.54, 1.807) is 39.7 Å². The minimum Gasteiger partial charge on any atom is -0.508 e. The Labute approximate surface area is 263 Å². The zero-order chi connectivity index (χ0) is 31.7. The fraction of sp³-hybridized carbons (Fsp3) is 0.273. The van der Waals surface area contributed by atoms with Crippen molar-refractivity contribution in [3.63, 3.8) is 0 Å². The van der Waals surface area contributed by atoms with Crippen molar-refractivity contribution in [3.8, 4) is 5.75 Å². The molecule has 2 fully saturated rings. The van der Waals surface area contributed by atoms with Crippen LogP contribution in [-0.2, 0) is 29.1 Å². The number of aromatic hydroxyl groups is 1. The van der Waals surface area contributed by atoms with E-state index in [0.29, 0.717) is 15.8 Å². The van der Waals surface area contributed by atoms with Crippen molar-refractivity contribution >= 4 is 39.4 Å². The summed E-state index contributed by atoms with van der Waals surface area (Å²) in [6, 6.07) is 16.0. The van der Waals surface area contributed by atoms with E-state index in [1.807, 2.05) is 31.2 Å². The third kappa shape index (κ3) is 6.11. The second-order valence-electron chi connectivity index (χ2n) is 11.2. The van der Waals surface area contributed by atoms with Gasteiger partial charge in [0.25, 0.3) is 0 Å². The maximum Gasteiger partial charge on any atom is 0.334 e. The molecule has 232 valence electrons. The number of carbonyl (C=O) groups excluding carboxylic acids is 3. The minimum atomic E-state index is -0.926. The molecular formula is C33H33FN6O4S. The zero-order valence-corrected chi connectivity index (χ0v) is 25.5. The highest BCUT2D eigenvalue weighted by Crippen LogP contribution is 2.31. The van der Waals surface area contributed by atoms with E-state index in [2.05, 4.69) is 16.9 Å². The molecule has 0 unspecified atom stereocenters. The maximum absolute atomic E-state index is 14.5. The van der Waals surface area contributed by atoms with Gasteiger partial charge in [0.1, 0.15) is 23.8 Å². The van der Waals surface area contributed by atoms with Crippen molar-refractivity contribution in [2.75, 3.05) is 19.6 Å². The molecule has 12 heteroatoms. The van der Waals surface area contributed by atoms with E-state index in [1.165, 1.54) is 39.4 Å². The Hall–Kier alpha value is -4.81. The smallest absolute Gasteiger partial charge is 0.334 e. The second-order valence-corrected chi connectivity index (χ2v) is 12.1. The number of halogens is 1. The van der Waals surface area contributed by atoms with Crippen LogP contribution < -0.4 is 5.32 Å². The van der Waals surface area contributed by atoms with Gasteiger partial charge in [0, 0.05) is 26.1 Å². The van der Waals surface area contributed by atoms with Crippen molar-refractivity contribution in [1.82, 2.24) is 30.1 Å². The fourth-order valence-corrected chi connectivity index (χ4v) is 6.71. The third-order valence-corrected chi connectivity index (χ3v) is 9.02. The summed E-state index contributed by atoms with van der Waals surface area (Å²) in [7, 11) is 0. The molecule has 0 radical (unpaired) electrons. The number of nitrogens with one attached hydrogen (secondary N) is 1. The Bertz CT molecular complexity index is 1740. The van der Waals surface area contributed by atoms with Crippen LogP contribution in [-0.4, -0.2) is 79.6 Å². The minimum absolute atomic E-state index is 0.0330. The average Bonchev–Trinajstić information content (AvgIpc) is 3.53. The van der Waals surface area contributed by atoms with Crippen LogP contribution in [0.15, 0.2) is 78.8 Å². The van der Waals surface area contributed by atoms with E-state index in [0.717, 1.165) is 16.7 Å². The topological polar surface area (TPSA) is 109 Å². The molecule has 6 rings (SSSR count). The van der Waals surface area contributed by atoms with Gasteiger partial charge in [-0.2, -0.15) is 0 Å². The molecule has 0 bridgehead atoms. The Morgan fingerprint density at radius 2 is 1.84 bits per heavy atom. The van der Waals surface area contributed by atoms with Gasteiger partial charge in [0.2, 0.25) is 11.8 Å². The van der Waals surface area contributed by atoms with Gasteiger partial charge in [-0.1, -0.05) is 54.1 Å². The Kier molecular flexibility index (Phi) is 8.50. The number of phenolic OH excluding ortho intramolecular Hbond substituents is 1. The zero-order valence-electron chi connectivity index (χ0n) is 24.7. The predicted molar refractivity (Wildman–Crippen MR) is 168 cm³/mol. The number of piperazine rings is 1. The first-order chi connectivity index (χ1) is 21.7. The Balaban J connectivity index is 1.36. The number of phenols is 1. The van der Waals surface area contributed by atoms with Gasteiger partial charge in [0.05, 0.1) is 28.8 Å². The van der Waals surface area contributed by atoms with E-state index in [-0.39, 0.29) is 62.5 Å². The highest BCUT2D eigenvalue weighted by Gasteiger charge is 2.51. The number of benzene rings is 3. The van der Waals surface area contributed by atoms with Crippen molar-refractivity contribution in [3.05, 3.63) is 107 Å². The molecule has 0 saturated carbocycles. The summed E-state index contributed by atoms with van der Waals surface area (Å²) in [6.45, 7) is 6.36. The number of aryl methyl sites for hydroxylation is 1. The summed E-state index contributed by atoms with van der Waals surface area (Å²) in [5.41, 5.74) is 5.48. The van der Waals surface area contributed by atoms with Gasteiger partial charge < -0.3 is 20.2 Å². The van der Waals surface area contributed by atoms with Crippen LogP contribution in [0.2, 0.25) is 0 Å². The Morgan fingerprint density at radius 1 is 1.11 bits per heavy atom. The highest BCUT2D eigenvalue weighted by molar-refractivity contribution is 7.16. The number of nitrogens with zero attached hydrogens (tertiary/aromatic N) is 5. The number of amides is 4. The number of hydrazine groups is 1. The lowest BCUT2D eigenvalue weighted by atomic mass is 9.98. The largest absolute Gasteiger partial charge is 0.508 e. The van der Waals surface area contributed by atoms with Gasteiger partial charge in [0.15, 0.2) is 0 Å². The van der Waals surface area contributed by atoms with Crippen molar-refractivity contribution in [2.45, 2.75) is 38.6 Å². The number of thiazole rings is 1. The predicted octanol–water partition coefficient (Wildman–Crippen LogP) is 4.19. The molecule has 2 atom stereocenters. The van der Waals surface area contributed by atoms with E-state index >= 15 is 0 Å². The first-order valence-electron chi connectivity index (χ1n) is 14.6. The van der Waals surface area contributed by atoms with Crippen molar-refractivity contribution in [2.24, 2.45) is 0 Å². The molecular weight excluding hydrogens is 595 g/mol. The van der Waals surface area contributed by atoms with Gasteiger partial charge in [-0.3, -0.25) is 9.59 Å². The molecule has 4 amide bonds. The number of aromatic nitrogens is 1. The number of urea groups is 1. The molecule has 10 nitrogen and oxygen atoms in total. The molecule has 3 aromatic carbocycles. The van der Waals surface area contributed by atoms with Crippen molar-refractivity contribution in [1.29, 1.82) is 0 Å². The monoisotopic (exact) mass is 628 g/mol. The van der Waals surface area contributed by atoms with Crippen LogP contribution in [0.25, 0.3) is 10.2 Å². The van der Waals surface area contributed by atoms with Gasteiger partial charge >= 0.3 is 6.03 Å². The quantitative estimate of drug-likeness (QED) is 0.284. The van der Waals surface area contributed by atoms with E-state index < -0.39 is 18.2 Å². The first-order valence-corrected chi connectivity index (χ1v) is 15.5. The summed E-state index contributed by atoms with van der Waals surface area (Å²) in [6.07, 6.45) is 0.976. The van der Waals surface area contributed by atoms with E-state index in [4.69, 9.17) is 0 Å². The average molecular weight is 629 g/mol. The van der Waals surface area contributed by atoms with E-state index in [9.17, 15) is 23.9 Å². The number of carbonyl (C=O) groups is 3. The summed E-state index contributed by atoms with van der Waals surface area (Å²) >= 11 is 1.19. The molecule has 0 spiro atoms. The van der Waals surface area contributed by atoms with Crippen LogP contribution in [0, 0.1) is 12.7 Å². The molecule has 2 aliphatic rings. The van der Waals surface area contributed by atoms with Crippen LogP contribution in [0.5, 0.6) is 5.75 Å². The van der Waals surface area contributed by atoms with Crippen LogP contribution >= 0.6 is 11.3 Å².